The van der Waals surface area contributed by atoms with E-state index in [-0.39, 0.29) is 35.8 Å². The van der Waals surface area contributed by atoms with Crippen LogP contribution in [0.1, 0.15) is 31.9 Å². The minimum atomic E-state index is -0.215. The van der Waals surface area contributed by atoms with Crippen LogP contribution in [0.4, 0.5) is 0 Å². The number of carbonyl (C=O) groups is 1. The molecule has 1 fully saturated rings. The molecule has 124 valence electrons. The van der Waals surface area contributed by atoms with E-state index in [9.17, 15) is 4.79 Å². The minimum Gasteiger partial charge on any atom is -0.347 e. The van der Waals surface area contributed by atoms with Crippen molar-refractivity contribution in [3.05, 3.63) is 35.9 Å². The SMILES string of the molecule is CN(C)C(=O)C(c1ccccc1)N1CCC(N)C(C)(C)C1.Cl. The Kier molecular flexibility index (Phi) is 6.41. The first-order valence-electron chi connectivity index (χ1n) is 7.58. The van der Waals surface area contributed by atoms with E-state index < -0.39 is 0 Å². The summed E-state index contributed by atoms with van der Waals surface area (Å²) in [7, 11) is 3.64. The van der Waals surface area contributed by atoms with Crippen molar-refractivity contribution in [1.29, 1.82) is 0 Å². The summed E-state index contributed by atoms with van der Waals surface area (Å²) in [6.45, 7) is 6.08. The van der Waals surface area contributed by atoms with E-state index in [1.54, 1.807) is 4.90 Å². The highest BCUT2D eigenvalue weighted by Crippen LogP contribution is 2.33. The lowest BCUT2D eigenvalue weighted by atomic mass is 9.79. The molecule has 1 heterocycles. The number of nitrogens with zero attached hydrogens (tertiary/aromatic N) is 2. The largest absolute Gasteiger partial charge is 0.347 e. The molecule has 22 heavy (non-hydrogen) atoms. The molecule has 2 N–H and O–H groups in total. The summed E-state index contributed by atoms with van der Waals surface area (Å²) in [5.41, 5.74) is 7.31. The predicted octanol–water partition coefficient (Wildman–Crippen LogP) is 2.30. The summed E-state index contributed by atoms with van der Waals surface area (Å²) in [5.74, 6) is 0.132. The summed E-state index contributed by atoms with van der Waals surface area (Å²) >= 11 is 0. The standard InChI is InChI=1S/C17H27N3O.ClH/c1-17(2)12-20(11-10-14(17)18)15(16(21)19(3)4)13-8-6-5-7-9-13;/h5-9,14-15H,10-12,18H2,1-4H3;1H. The fraction of sp³-hybridized carbons (Fsp3) is 0.588. The number of hydrogen-bond acceptors (Lipinski definition) is 3. The molecule has 1 aliphatic rings. The molecular weight excluding hydrogens is 298 g/mol. The summed E-state index contributed by atoms with van der Waals surface area (Å²) in [6.07, 6.45) is 0.928. The van der Waals surface area contributed by atoms with Gasteiger partial charge in [0.15, 0.2) is 0 Å². The zero-order chi connectivity index (χ0) is 15.6. The van der Waals surface area contributed by atoms with Crippen LogP contribution in [0.2, 0.25) is 0 Å². The van der Waals surface area contributed by atoms with Gasteiger partial charge < -0.3 is 10.6 Å². The Balaban J connectivity index is 0.00000242. The zero-order valence-electron chi connectivity index (χ0n) is 14.0. The van der Waals surface area contributed by atoms with Crippen molar-refractivity contribution in [2.45, 2.75) is 32.4 Å². The maximum Gasteiger partial charge on any atom is 0.244 e. The summed E-state index contributed by atoms with van der Waals surface area (Å²) < 4.78 is 0. The molecule has 0 aliphatic carbocycles. The first-order chi connectivity index (χ1) is 9.83. The van der Waals surface area contributed by atoms with Crippen LogP contribution >= 0.6 is 12.4 Å². The van der Waals surface area contributed by atoms with Crippen LogP contribution in [0, 0.1) is 5.41 Å². The van der Waals surface area contributed by atoms with Gasteiger partial charge in [-0.05, 0) is 17.4 Å². The van der Waals surface area contributed by atoms with Crippen LogP contribution in [0.15, 0.2) is 30.3 Å². The number of nitrogens with two attached hydrogens (primary N) is 1. The number of hydrogen-bond donors (Lipinski definition) is 1. The third-order valence-corrected chi connectivity index (χ3v) is 4.50. The van der Waals surface area contributed by atoms with Gasteiger partial charge in [-0.25, -0.2) is 0 Å². The fourth-order valence-corrected chi connectivity index (χ4v) is 3.03. The van der Waals surface area contributed by atoms with Gasteiger partial charge >= 0.3 is 0 Å². The lowest BCUT2D eigenvalue weighted by Gasteiger charge is -2.45. The van der Waals surface area contributed by atoms with Gasteiger partial charge in [0.1, 0.15) is 6.04 Å². The van der Waals surface area contributed by atoms with Crippen molar-refractivity contribution >= 4 is 18.3 Å². The maximum atomic E-state index is 12.7. The van der Waals surface area contributed by atoms with E-state index in [0.29, 0.717) is 0 Å². The van der Waals surface area contributed by atoms with Gasteiger partial charge in [0, 0.05) is 33.2 Å². The number of rotatable bonds is 3. The van der Waals surface area contributed by atoms with Crippen LogP contribution in [0.25, 0.3) is 0 Å². The van der Waals surface area contributed by atoms with E-state index in [2.05, 4.69) is 18.7 Å². The quantitative estimate of drug-likeness (QED) is 0.927. The van der Waals surface area contributed by atoms with Crippen LogP contribution in [0.3, 0.4) is 0 Å². The molecule has 2 rings (SSSR count). The van der Waals surface area contributed by atoms with E-state index in [0.717, 1.165) is 25.1 Å². The Morgan fingerprint density at radius 2 is 1.91 bits per heavy atom. The lowest BCUT2D eigenvalue weighted by molar-refractivity contribution is -0.136. The topological polar surface area (TPSA) is 49.6 Å². The van der Waals surface area contributed by atoms with Crippen molar-refractivity contribution < 1.29 is 4.79 Å². The van der Waals surface area contributed by atoms with Crippen LogP contribution in [-0.4, -0.2) is 48.9 Å². The number of halogens is 1. The number of amides is 1. The summed E-state index contributed by atoms with van der Waals surface area (Å²) in [5, 5.41) is 0. The second-order valence-corrected chi connectivity index (χ2v) is 6.90. The normalized spacial score (nSPS) is 22.5. The molecule has 1 saturated heterocycles. The minimum absolute atomic E-state index is 0. The Hall–Kier alpha value is -1.10. The molecule has 0 saturated carbocycles. The van der Waals surface area contributed by atoms with Crippen molar-refractivity contribution in [2.75, 3.05) is 27.2 Å². The van der Waals surface area contributed by atoms with Gasteiger partial charge in [-0.15, -0.1) is 12.4 Å². The van der Waals surface area contributed by atoms with E-state index >= 15 is 0 Å². The molecule has 0 aromatic heterocycles. The first kappa shape index (κ1) is 18.9. The molecular formula is C17H28ClN3O. The molecule has 2 unspecified atom stereocenters. The highest BCUT2D eigenvalue weighted by Gasteiger charge is 2.39. The highest BCUT2D eigenvalue weighted by atomic mass is 35.5. The Morgan fingerprint density at radius 3 is 2.41 bits per heavy atom. The van der Waals surface area contributed by atoms with E-state index in [1.807, 2.05) is 44.4 Å². The smallest absolute Gasteiger partial charge is 0.244 e. The van der Waals surface area contributed by atoms with E-state index in [4.69, 9.17) is 5.73 Å². The third-order valence-electron chi connectivity index (χ3n) is 4.50. The van der Waals surface area contributed by atoms with Crippen molar-refractivity contribution in [3.8, 4) is 0 Å². The van der Waals surface area contributed by atoms with Crippen molar-refractivity contribution in [3.63, 3.8) is 0 Å². The van der Waals surface area contributed by atoms with Gasteiger partial charge in [0.05, 0.1) is 0 Å². The molecule has 0 spiro atoms. The molecule has 0 radical (unpaired) electrons. The maximum absolute atomic E-state index is 12.7. The highest BCUT2D eigenvalue weighted by molar-refractivity contribution is 5.85. The average Bonchev–Trinajstić information content (AvgIpc) is 2.43. The van der Waals surface area contributed by atoms with Gasteiger partial charge in [0.2, 0.25) is 5.91 Å². The molecule has 1 amide bonds. The Labute approximate surface area is 140 Å². The van der Waals surface area contributed by atoms with Crippen LogP contribution < -0.4 is 5.73 Å². The average molecular weight is 326 g/mol. The molecule has 1 aromatic rings. The molecule has 2 atom stereocenters. The Bertz CT molecular complexity index is 490. The molecule has 1 aromatic carbocycles. The lowest BCUT2D eigenvalue weighted by Crippen LogP contribution is -2.55. The van der Waals surface area contributed by atoms with Crippen LogP contribution in [-0.2, 0) is 4.79 Å². The van der Waals surface area contributed by atoms with E-state index in [1.165, 1.54) is 0 Å². The van der Waals surface area contributed by atoms with Crippen molar-refractivity contribution in [2.24, 2.45) is 11.1 Å². The monoisotopic (exact) mass is 325 g/mol. The zero-order valence-corrected chi connectivity index (χ0v) is 14.8. The Morgan fingerprint density at radius 1 is 1.32 bits per heavy atom. The van der Waals surface area contributed by atoms with Gasteiger partial charge in [-0.1, -0.05) is 44.2 Å². The molecule has 0 bridgehead atoms. The van der Waals surface area contributed by atoms with Crippen molar-refractivity contribution in [1.82, 2.24) is 9.80 Å². The predicted molar refractivity (Wildman–Crippen MR) is 93.1 cm³/mol. The summed E-state index contributed by atoms with van der Waals surface area (Å²) in [6, 6.07) is 10.0. The number of benzene rings is 1. The van der Waals surface area contributed by atoms with Gasteiger partial charge in [0.25, 0.3) is 0 Å². The third kappa shape index (κ3) is 4.00. The number of carbonyl (C=O) groups excluding carboxylic acids is 1. The number of piperidine rings is 1. The van der Waals surface area contributed by atoms with Gasteiger partial charge in [-0.2, -0.15) is 0 Å². The van der Waals surface area contributed by atoms with Crippen LogP contribution in [0.5, 0.6) is 0 Å². The number of likely N-dealkylation sites (tertiary alicyclic amines) is 1. The van der Waals surface area contributed by atoms with Gasteiger partial charge in [-0.3, -0.25) is 9.69 Å². The second-order valence-electron chi connectivity index (χ2n) is 6.90. The molecule has 5 heteroatoms. The fourth-order valence-electron chi connectivity index (χ4n) is 3.03. The first-order valence-corrected chi connectivity index (χ1v) is 7.58. The number of likely N-dealkylation sites (N-methyl/N-ethyl adjacent to an activating group) is 1. The molecule has 4 nitrogen and oxygen atoms in total. The second kappa shape index (κ2) is 7.44. The summed E-state index contributed by atoms with van der Waals surface area (Å²) in [4.78, 5) is 16.6. The molecule has 1 aliphatic heterocycles.